The Labute approximate surface area is 219 Å². The van der Waals surface area contributed by atoms with Gasteiger partial charge in [-0.1, -0.05) is 45.6 Å². The summed E-state index contributed by atoms with van der Waals surface area (Å²) in [5, 5.41) is 12.2. The molecule has 1 amide bonds. The molecule has 8 heteroatoms. The van der Waals surface area contributed by atoms with Gasteiger partial charge in [0.2, 0.25) is 11.8 Å². The second-order valence-electron chi connectivity index (χ2n) is 10.8. The zero-order chi connectivity index (χ0) is 26.4. The second kappa shape index (κ2) is 12.6. The highest BCUT2D eigenvalue weighted by atomic mass is 16.5. The fourth-order valence-corrected chi connectivity index (χ4v) is 5.55. The van der Waals surface area contributed by atoms with Crippen molar-refractivity contribution >= 4 is 11.9 Å². The minimum atomic E-state index is -1.000. The number of carbonyl (C=O) groups is 2. The van der Waals surface area contributed by atoms with Crippen molar-refractivity contribution in [2.75, 3.05) is 7.11 Å². The standard InChI is InChI=1S/C29H40N2O6/c1-18(2)25(29(33)34)31-27(32)20-11-7-14-23(15-20)36-17-24-26(19-9-5-4-6-10-19)37-28(30-24)21-12-8-13-22(16-21)35-3/h8,12-13,16,18-20,23,25H,4-7,9-11,14-15,17H2,1-3H3,(H,31,32)(H,33,34)/t20-,23+,25?/m0/s1. The van der Waals surface area contributed by atoms with E-state index in [0.29, 0.717) is 24.8 Å². The molecule has 2 aliphatic rings. The van der Waals surface area contributed by atoms with Crippen LogP contribution in [0.2, 0.25) is 0 Å². The molecule has 37 heavy (non-hydrogen) atoms. The second-order valence-corrected chi connectivity index (χ2v) is 10.8. The maximum atomic E-state index is 12.8. The predicted octanol–water partition coefficient (Wildman–Crippen LogP) is 5.70. The molecule has 2 aliphatic carbocycles. The van der Waals surface area contributed by atoms with Crippen LogP contribution in [0, 0.1) is 11.8 Å². The van der Waals surface area contributed by atoms with E-state index >= 15 is 0 Å². The number of nitrogens with one attached hydrogen (secondary N) is 1. The Hall–Kier alpha value is -2.87. The van der Waals surface area contributed by atoms with Crippen molar-refractivity contribution < 1.29 is 28.6 Å². The predicted molar refractivity (Wildman–Crippen MR) is 139 cm³/mol. The molecule has 8 nitrogen and oxygen atoms in total. The van der Waals surface area contributed by atoms with Crippen molar-refractivity contribution in [2.24, 2.45) is 11.8 Å². The molecule has 2 saturated carbocycles. The first-order valence-electron chi connectivity index (χ1n) is 13.6. The molecule has 1 heterocycles. The highest BCUT2D eigenvalue weighted by Crippen LogP contribution is 2.38. The largest absolute Gasteiger partial charge is 0.497 e. The summed E-state index contributed by atoms with van der Waals surface area (Å²) in [5.41, 5.74) is 1.71. The van der Waals surface area contributed by atoms with E-state index in [1.807, 2.05) is 24.3 Å². The number of carboxylic acid groups (broad SMARTS) is 1. The molecule has 0 radical (unpaired) electrons. The van der Waals surface area contributed by atoms with Crippen LogP contribution in [-0.2, 0) is 20.9 Å². The molecule has 202 valence electrons. The van der Waals surface area contributed by atoms with Crippen LogP contribution in [0.1, 0.15) is 89.0 Å². The van der Waals surface area contributed by atoms with E-state index in [9.17, 15) is 14.7 Å². The SMILES string of the molecule is COc1cccc(-c2nc(CO[C@@H]3CCC[C@H](C(=O)NC(C(=O)O)C(C)C)C3)c(C3CCCCC3)o2)c1. The molecule has 0 bridgehead atoms. The van der Waals surface area contributed by atoms with E-state index in [2.05, 4.69) is 5.32 Å². The fourth-order valence-electron chi connectivity index (χ4n) is 5.55. The van der Waals surface area contributed by atoms with Gasteiger partial charge in [-0.3, -0.25) is 4.79 Å². The lowest BCUT2D eigenvalue weighted by Crippen LogP contribution is -2.47. The Balaban J connectivity index is 1.45. The number of rotatable bonds is 10. The maximum absolute atomic E-state index is 12.8. The van der Waals surface area contributed by atoms with Crippen molar-refractivity contribution in [1.29, 1.82) is 0 Å². The number of oxazole rings is 1. The minimum Gasteiger partial charge on any atom is -0.497 e. The molecular formula is C29H40N2O6. The Kier molecular flexibility index (Phi) is 9.24. The molecule has 1 aromatic carbocycles. The zero-order valence-electron chi connectivity index (χ0n) is 22.2. The van der Waals surface area contributed by atoms with E-state index in [0.717, 1.165) is 54.9 Å². The summed E-state index contributed by atoms with van der Waals surface area (Å²) >= 11 is 0. The molecular weight excluding hydrogens is 472 g/mol. The molecule has 0 aliphatic heterocycles. The highest BCUT2D eigenvalue weighted by molar-refractivity contribution is 5.85. The van der Waals surface area contributed by atoms with Crippen LogP contribution >= 0.6 is 0 Å². The number of carbonyl (C=O) groups excluding carboxylic acids is 1. The summed E-state index contributed by atoms with van der Waals surface area (Å²) < 4.78 is 18.1. The number of carboxylic acids is 1. The summed E-state index contributed by atoms with van der Waals surface area (Å²) in [4.78, 5) is 29.2. The van der Waals surface area contributed by atoms with Gasteiger partial charge in [0.25, 0.3) is 0 Å². The monoisotopic (exact) mass is 512 g/mol. The molecule has 1 aromatic heterocycles. The average Bonchev–Trinajstić information content (AvgIpc) is 3.35. The quantitative estimate of drug-likeness (QED) is 0.420. The number of methoxy groups -OCH3 is 1. The van der Waals surface area contributed by atoms with Crippen molar-refractivity contribution in [1.82, 2.24) is 10.3 Å². The van der Waals surface area contributed by atoms with Crippen LogP contribution in [0.25, 0.3) is 11.5 Å². The van der Waals surface area contributed by atoms with Crippen LogP contribution in [0.15, 0.2) is 28.7 Å². The molecule has 2 fully saturated rings. The molecule has 0 saturated heterocycles. The normalized spacial score (nSPS) is 21.5. The lowest BCUT2D eigenvalue weighted by molar-refractivity contribution is -0.144. The number of hydrogen-bond donors (Lipinski definition) is 2. The van der Waals surface area contributed by atoms with Crippen LogP contribution in [0.3, 0.4) is 0 Å². The Morgan fingerprint density at radius 2 is 1.92 bits per heavy atom. The van der Waals surface area contributed by atoms with Gasteiger partial charge in [0.1, 0.15) is 23.2 Å². The highest BCUT2D eigenvalue weighted by Gasteiger charge is 2.32. The first kappa shape index (κ1) is 27.2. The number of benzene rings is 1. The van der Waals surface area contributed by atoms with Gasteiger partial charge in [0, 0.05) is 17.4 Å². The third-order valence-electron chi connectivity index (χ3n) is 7.70. The van der Waals surface area contributed by atoms with Crippen LogP contribution < -0.4 is 10.1 Å². The molecule has 2 N–H and O–H groups in total. The fraction of sp³-hybridized carbons (Fsp3) is 0.621. The van der Waals surface area contributed by atoms with Gasteiger partial charge in [-0.25, -0.2) is 9.78 Å². The summed E-state index contributed by atoms with van der Waals surface area (Å²) in [5.74, 6) is 0.966. The number of amides is 1. The third-order valence-corrected chi connectivity index (χ3v) is 7.70. The van der Waals surface area contributed by atoms with Gasteiger partial charge < -0.3 is 24.3 Å². The van der Waals surface area contributed by atoms with Crippen LogP contribution in [-0.4, -0.2) is 41.2 Å². The van der Waals surface area contributed by atoms with Crippen molar-refractivity contribution in [3.05, 3.63) is 35.7 Å². The zero-order valence-corrected chi connectivity index (χ0v) is 22.2. The Bertz CT molecular complexity index is 1060. The number of aliphatic carboxylic acids is 1. The van der Waals surface area contributed by atoms with Crippen LogP contribution in [0.4, 0.5) is 0 Å². The molecule has 4 rings (SSSR count). The van der Waals surface area contributed by atoms with Gasteiger partial charge in [0.05, 0.1) is 19.8 Å². The average molecular weight is 513 g/mol. The minimum absolute atomic E-state index is 0.0806. The smallest absolute Gasteiger partial charge is 0.326 e. The maximum Gasteiger partial charge on any atom is 0.326 e. The van der Waals surface area contributed by atoms with E-state index in [1.54, 1.807) is 21.0 Å². The Morgan fingerprint density at radius 1 is 1.14 bits per heavy atom. The molecule has 0 spiro atoms. The lowest BCUT2D eigenvalue weighted by Gasteiger charge is -2.30. The van der Waals surface area contributed by atoms with E-state index < -0.39 is 12.0 Å². The first-order chi connectivity index (χ1) is 17.9. The van der Waals surface area contributed by atoms with E-state index in [1.165, 1.54) is 19.3 Å². The Morgan fingerprint density at radius 3 is 2.62 bits per heavy atom. The number of aromatic nitrogens is 1. The van der Waals surface area contributed by atoms with Gasteiger partial charge >= 0.3 is 5.97 Å². The van der Waals surface area contributed by atoms with Gasteiger partial charge in [-0.2, -0.15) is 0 Å². The molecule has 3 atom stereocenters. The van der Waals surface area contributed by atoms with Gasteiger partial charge in [-0.05, 0) is 56.2 Å². The summed E-state index contributed by atoms with van der Waals surface area (Å²) in [6.07, 6.45) is 8.79. The first-order valence-corrected chi connectivity index (χ1v) is 13.6. The van der Waals surface area contributed by atoms with Gasteiger partial charge in [0.15, 0.2) is 0 Å². The third kappa shape index (κ3) is 6.92. The number of hydrogen-bond acceptors (Lipinski definition) is 6. The van der Waals surface area contributed by atoms with Crippen molar-refractivity contribution in [3.8, 4) is 17.2 Å². The van der Waals surface area contributed by atoms with Crippen molar-refractivity contribution in [3.63, 3.8) is 0 Å². The molecule has 1 unspecified atom stereocenters. The van der Waals surface area contributed by atoms with Crippen molar-refractivity contribution in [2.45, 2.75) is 96.3 Å². The summed E-state index contributed by atoms with van der Waals surface area (Å²) in [6.45, 7) is 3.93. The lowest BCUT2D eigenvalue weighted by atomic mass is 9.86. The molecule has 2 aromatic rings. The van der Waals surface area contributed by atoms with E-state index in [4.69, 9.17) is 18.9 Å². The summed E-state index contributed by atoms with van der Waals surface area (Å²) in [7, 11) is 1.64. The van der Waals surface area contributed by atoms with Gasteiger partial charge in [-0.15, -0.1) is 0 Å². The topological polar surface area (TPSA) is 111 Å². The van der Waals surface area contributed by atoms with Crippen LogP contribution in [0.5, 0.6) is 5.75 Å². The number of nitrogens with zero attached hydrogens (tertiary/aromatic N) is 1. The number of ether oxygens (including phenoxy) is 2. The summed E-state index contributed by atoms with van der Waals surface area (Å²) in [6, 6.07) is 6.84. The van der Waals surface area contributed by atoms with E-state index in [-0.39, 0.29) is 23.8 Å².